The Morgan fingerprint density at radius 1 is 1.50 bits per heavy atom. The maximum Gasteiger partial charge on any atom is 0.178 e. The highest BCUT2D eigenvalue weighted by Gasteiger charge is 2.02. The van der Waals surface area contributed by atoms with Gasteiger partial charge in [-0.25, -0.2) is 14.6 Å². The SMILES string of the molecule is CCn1ncc2ncc(N)nc21. The van der Waals surface area contributed by atoms with Crippen molar-refractivity contribution < 1.29 is 0 Å². The van der Waals surface area contributed by atoms with Crippen molar-refractivity contribution in [2.45, 2.75) is 13.5 Å². The summed E-state index contributed by atoms with van der Waals surface area (Å²) >= 11 is 0. The van der Waals surface area contributed by atoms with Crippen molar-refractivity contribution in [2.75, 3.05) is 5.73 Å². The number of nitrogens with two attached hydrogens (primary N) is 1. The average Bonchev–Trinajstić information content (AvgIpc) is 2.46. The van der Waals surface area contributed by atoms with Gasteiger partial charge < -0.3 is 5.73 Å². The number of hydrogen-bond donors (Lipinski definition) is 1. The Morgan fingerprint density at radius 3 is 3.08 bits per heavy atom. The predicted octanol–water partition coefficient (Wildman–Crippen LogP) is 0.428. The van der Waals surface area contributed by atoms with E-state index in [0.717, 1.165) is 17.7 Å². The molecule has 0 saturated carbocycles. The van der Waals surface area contributed by atoms with Crippen LogP contribution in [-0.4, -0.2) is 19.7 Å². The van der Waals surface area contributed by atoms with Gasteiger partial charge in [0.2, 0.25) is 0 Å². The lowest BCUT2D eigenvalue weighted by Crippen LogP contribution is -1.99. The van der Waals surface area contributed by atoms with E-state index in [1.54, 1.807) is 10.9 Å². The molecule has 2 heterocycles. The minimum Gasteiger partial charge on any atom is -0.382 e. The molecule has 0 radical (unpaired) electrons. The summed E-state index contributed by atoms with van der Waals surface area (Å²) in [4.78, 5) is 8.20. The summed E-state index contributed by atoms with van der Waals surface area (Å²) in [6.45, 7) is 2.78. The maximum absolute atomic E-state index is 5.49. The fourth-order valence-corrected chi connectivity index (χ4v) is 1.09. The van der Waals surface area contributed by atoms with Crippen LogP contribution < -0.4 is 5.73 Å². The van der Waals surface area contributed by atoms with Gasteiger partial charge in [0.05, 0.1) is 12.4 Å². The van der Waals surface area contributed by atoms with E-state index in [1.165, 1.54) is 6.20 Å². The van der Waals surface area contributed by atoms with Crippen LogP contribution in [-0.2, 0) is 6.54 Å². The Labute approximate surface area is 69.2 Å². The van der Waals surface area contributed by atoms with Crippen molar-refractivity contribution in [1.29, 1.82) is 0 Å². The number of hydrogen-bond acceptors (Lipinski definition) is 4. The lowest BCUT2D eigenvalue weighted by molar-refractivity contribution is 0.677. The zero-order chi connectivity index (χ0) is 8.55. The first-order valence-electron chi connectivity index (χ1n) is 3.75. The fourth-order valence-electron chi connectivity index (χ4n) is 1.09. The van der Waals surface area contributed by atoms with Crippen molar-refractivity contribution in [3.8, 4) is 0 Å². The molecule has 2 aromatic rings. The van der Waals surface area contributed by atoms with Gasteiger partial charge in [0.25, 0.3) is 0 Å². The molecular formula is C7H9N5. The van der Waals surface area contributed by atoms with E-state index < -0.39 is 0 Å². The molecule has 5 nitrogen and oxygen atoms in total. The van der Waals surface area contributed by atoms with Crippen LogP contribution in [0, 0.1) is 0 Å². The second-order valence-corrected chi connectivity index (χ2v) is 2.46. The van der Waals surface area contributed by atoms with Crippen LogP contribution in [0.1, 0.15) is 6.92 Å². The second-order valence-electron chi connectivity index (χ2n) is 2.46. The highest BCUT2D eigenvalue weighted by molar-refractivity contribution is 5.70. The molecule has 2 rings (SSSR count). The molecular weight excluding hydrogens is 154 g/mol. The highest BCUT2D eigenvalue weighted by Crippen LogP contribution is 2.08. The summed E-state index contributed by atoms with van der Waals surface area (Å²) in [5, 5.41) is 4.09. The first kappa shape index (κ1) is 7.02. The number of aromatic nitrogens is 4. The van der Waals surface area contributed by atoms with E-state index in [2.05, 4.69) is 15.1 Å². The van der Waals surface area contributed by atoms with Gasteiger partial charge in [-0.3, -0.25) is 0 Å². The largest absolute Gasteiger partial charge is 0.382 e. The van der Waals surface area contributed by atoms with Crippen molar-refractivity contribution in [1.82, 2.24) is 19.7 Å². The molecule has 0 aromatic carbocycles. The smallest absolute Gasteiger partial charge is 0.178 e. The first-order valence-corrected chi connectivity index (χ1v) is 3.75. The summed E-state index contributed by atoms with van der Waals surface area (Å²) in [5.74, 6) is 0.428. The molecule has 0 atom stereocenters. The standard InChI is InChI=1S/C7H9N5/c1-2-12-7-5(3-10-12)9-4-6(8)11-7/h3-4H,2H2,1H3,(H2,8,11). The third-order valence-electron chi connectivity index (χ3n) is 1.66. The minimum absolute atomic E-state index is 0.428. The number of rotatable bonds is 1. The molecule has 0 spiro atoms. The molecule has 5 heteroatoms. The molecule has 0 aliphatic carbocycles. The normalized spacial score (nSPS) is 10.8. The van der Waals surface area contributed by atoms with E-state index >= 15 is 0 Å². The van der Waals surface area contributed by atoms with E-state index in [1.807, 2.05) is 6.92 Å². The Balaban J connectivity index is 2.75. The molecule has 0 aliphatic heterocycles. The Kier molecular flexibility index (Phi) is 1.43. The summed E-state index contributed by atoms with van der Waals surface area (Å²) in [6, 6.07) is 0. The highest BCUT2D eigenvalue weighted by atomic mass is 15.3. The molecule has 0 unspecified atom stereocenters. The zero-order valence-corrected chi connectivity index (χ0v) is 6.73. The topological polar surface area (TPSA) is 69.6 Å². The summed E-state index contributed by atoms with van der Waals surface area (Å²) in [6.07, 6.45) is 3.22. The second kappa shape index (κ2) is 2.44. The van der Waals surface area contributed by atoms with Crippen molar-refractivity contribution in [3.63, 3.8) is 0 Å². The molecule has 0 fully saturated rings. The van der Waals surface area contributed by atoms with Gasteiger partial charge >= 0.3 is 0 Å². The van der Waals surface area contributed by atoms with E-state index in [4.69, 9.17) is 5.73 Å². The Bertz CT molecular complexity index is 405. The summed E-state index contributed by atoms with van der Waals surface area (Å²) < 4.78 is 1.76. The van der Waals surface area contributed by atoms with Crippen LogP contribution in [0.25, 0.3) is 11.2 Å². The maximum atomic E-state index is 5.49. The van der Waals surface area contributed by atoms with E-state index in [0.29, 0.717) is 5.82 Å². The third-order valence-corrected chi connectivity index (χ3v) is 1.66. The van der Waals surface area contributed by atoms with Crippen molar-refractivity contribution in [3.05, 3.63) is 12.4 Å². The molecule has 0 aliphatic rings. The molecule has 0 bridgehead atoms. The van der Waals surface area contributed by atoms with Crippen LogP contribution in [0.3, 0.4) is 0 Å². The number of nitrogens with zero attached hydrogens (tertiary/aromatic N) is 4. The van der Waals surface area contributed by atoms with Gasteiger partial charge in [-0.1, -0.05) is 0 Å². The number of fused-ring (bicyclic) bond motifs is 1. The minimum atomic E-state index is 0.428. The van der Waals surface area contributed by atoms with Crippen molar-refractivity contribution in [2.24, 2.45) is 0 Å². The van der Waals surface area contributed by atoms with E-state index in [9.17, 15) is 0 Å². The Hall–Kier alpha value is -1.65. The van der Waals surface area contributed by atoms with Crippen LogP contribution >= 0.6 is 0 Å². The van der Waals surface area contributed by atoms with Gasteiger partial charge in [-0.15, -0.1) is 0 Å². The first-order chi connectivity index (χ1) is 5.81. The summed E-state index contributed by atoms with van der Waals surface area (Å²) in [7, 11) is 0. The molecule has 12 heavy (non-hydrogen) atoms. The monoisotopic (exact) mass is 163 g/mol. The van der Waals surface area contributed by atoms with Crippen molar-refractivity contribution >= 4 is 17.0 Å². The zero-order valence-electron chi connectivity index (χ0n) is 6.73. The molecule has 0 saturated heterocycles. The summed E-state index contributed by atoms with van der Waals surface area (Å²) in [5.41, 5.74) is 7.02. The van der Waals surface area contributed by atoms with E-state index in [-0.39, 0.29) is 0 Å². The molecule has 2 aromatic heterocycles. The quantitative estimate of drug-likeness (QED) is 0.661. The fraction of sp³-hybridized carbons (Fsp3) is 0.286. The lowest BCUT2D eigenvalue weighted by atomic mass is 10.5. The Morgan fingerprint density at radius 2 is 2.33 bits per heavy atom. The number of aryl methyl sites for hydroxylation is 1. The third kappa shape index (κ3) is 0.903. The van der Waals surface area contributed by atoms with Crippen LogP contribution in [0.5, 0.6) is 0 Å². The lowest BCUT2D eigenvalue weighted by Gasteiger charge is -1.96. The van der Waals surface area contributed by atoms with Crippen LogP contribution in [0.2, 0.25) is 0 Å². The predicted molar refractivity (Wildman–Crippen MR) is 45.4 cm³/mol. The number of anilines is 1. The van der Waals surface area contributed by atoms with Gasteiger partial charge in [0, 0.05) is 6.54 Å². The molecule has 2 N–H and O–H groups in total. The molecule has 0 amide bonds. The van der Waals surface area contributed by atoms with Gasteiger partial charge in [-0.2, -0.15) is 5.10 Å². The van der Waals surface area contributed by atoms with Gasteiger partial charge in [-0.05, 0) is 6.92 Å². The van der Waals surface area contributed by atoms with Crippen LogP contribution in [0.15, 0.2) is 12.4 Å². The van der Waals surface area contributed by atoms with Gasteiger partial charge in [0.1, 0.15) is 11.3 Å². The number of nitrogen functional groups attached to an aromatic ring is 1. The molecule has 62 valence electrons. The van der Waals surface area contributed by atoms with Gasteiger partial charge in [0.15, 0.2) is 5.65 Å². The van der Waals surface area contributed by atoms with Crippen LogP contribution in [0.4, 0.5) is 5.82 Å². The average molecular weight is 163 g/mol.